The van der Waals surface area contributed by atoms with Gasteiger partial charge in [0.25, 0.3) is 5.91 Å². The Labute approximate surface area is 142 Å². The largest absolute Gasteiger partial charge is 0.497 e. The van der Waals surface area contributed by atoms with Gasteiger partial charge in [0.15, 0.2) is 0 Å². The molecule has 2 rings (SSSR count). The lowest BCUT2D eigenvalue weighted by Gasteiger charge is -2.12. The van der Waals surface area contributed by atoms with Crippen molar-refractivity contribution in [1.82, 2.24) is 0 Å². The third kappa shape index (κ3) is 4.26. The number of ether oxygens (including phenoxy) is 3. The average molecular weight is 358 g/mol. The lowest BCUT2D eigenvalue weighted by atomic mass is 10.1. The molecule has 0 aliphatic carbocycles. The molecule has 128 valence electrons. The van der Waals surface area contributed by atoms with Crippen LogP contribution in [0.2, 0.25) is 5.02 Å². The van der Waals surface area contributed by atoms with Crippen molar-refractivity contribution in [2.45, 2.75) is 6.61 Å². The number of carbonyl (C=O) groups excluding carboxylic acids is 1. The number of nitrogens with one attached hydrogen (secondary N) is 1. The fraction of sp³-hybridized carbons (Fsp3) is 0.188. The molecule has 5 nitrogen and oxygen atoms in total. The molecule has 0 atom stereocenters. The average Bonchev–Trinajstić information content (AvgIpc) is 2.56. The van der Waals surface area contributed by atoms with Gasteiger partial charge in [0.2, 0.25) is 0 Å². The zero-order chi connectivity index (χ0) is 17.7. The minimum atomic E-state index is -2.98. The molecule has 0 saturated heterocycles. The van der Waals surface area contributed by atoms with Gasteiger partial charge < -0.3 is 19.5 Å². The maximum atomic E-state index is 12.3. The maximum Gasteiger partial charge on any atom is 0.387 e. The number of halogens is 3. The highest BCUT2D eigenvalue weighted by molar-refractivity contribution is 6.32. The van der Waals surface area contributed by atoms with Crippen LogP contribution in [0.3, 0.4) is 0 Å². The van der Waals surface area contributed by atoms with E-state index in [0.29, 0.717) is 17.2 Å². The van der Waals surface area contributed by atoms with Crippen LogP contribution >= 0.6 is 11.6 Å². The van der Waals surface area contributed by atoms with E-state index < -0.39 is 12.5 Å². The summed E-state index contributed by atoms with van der Waals surface area (Å²) in [6.45, 7) is -2.98. The van der Waals surface area contributed by atoms with E-state index in [4.69, 9.17) is 21.1 Å². The van der Waals surface area contributed by atoms with E-state index in [9.17, 15) is 13.6 Å². The number of benzene rings is 2. The third-order valence-electron chi connectivity index (χ3n) is 3.06. The summed E-state index contributed by atoms with van der Waals surface area (Å²) in [5, 5.41) is 2.56. The SMILES string of the molecule is COc1ccc(C(=O)Nc2ccc(OC(F)F)c(Cl)c2)c(OC)c1. The van der Waals surface area contributed by atoms with Crippen LogP contribution in [-0.4, -0.2) is 26.7 Å². The number of methoxy groups -OCH3 is 2. The molecule has 0 aliphatic rings. The number of alkyl halides is 2. The summed E-state index contributed by atoms with van der Waals surface area (Å²) in [6, 6.07) is 8.69. The molecule has 1 amide bonds. The molecule has 0 radical (unpaired) electrons. The Morgan fingerprint density at radius 3 is 2.42 bits per heavy atom. The van der Waals surface area contributed by atoms with Crippen LogP contribution in [0.5, 0.6) is 17.2 Å². The molecule has 8 heteroatoms. The zero-order valence-corrected chi connectivity index (χ0v) is 13.6. The third-order valence-corrected chi connectivity index (χ3v) is 3.35. The molecule has 0 spiro atoms. The molecule has 1 N–H and O–H groups in total. The Morgan fingerprint density at radius 1 is 1.08 bits per heavy atom. The van der Waals surface area contributed by atoms with Crippen LogP contribution < -0.4 is 19.5 Å². The molecule has 0 unspecified atom stereocenters. The van der Waals surface area contributed by atoms with Gasteiger partial charge in [-0.2, -0.15) is 8.78 Å². The van der Waals surface area contributed by atoms with Crippen LogP contribution in [-0.2, 0) is 0 Å². The molecule has 0 fully saturated rings. The first-order chi connectivity index (χ1) is 11.4. The van der Waals surface area contributed by atoms with Crippen LogP contribution in [0, 0.1) is 0 Å². The predicted octanol–water partition coefficient (Wildman–Crippen LogP) is 4.21. The topological polar surface area (TPSA) is 56.8 Å². The van der Waals surface area contributed by atoms with Gasteiger partial charge in [-0.05, 0) is 30.3 Å². The first-order valence-electron chi connectivity index (χ1n) is 6.72. The van der Waals surface area contributed by atoms with E-state index in [-0.39, 0.29) is 16.3 Å². The van der Waals surface area contributed by atoms with Gasteiger partial charge in [0.05, 0.1) is 24.8 Å². The highest BCUT2D eigenvalue weighted by Crippen LogP contribution is 2.30. The van der Waals surface area contributed by atoms with Gasteiger partial charge in [-0.1, -0.05) is 11.6 Å². The molecule has 0 bridgehead atoms. The second kappa shape index (κ2) is 7.83. The van der Waals surface area contributed by atoms with E-state index in [1.165, 1.54) is 32.4 Å². The monoisotopic (exact) mass is 357 g/mol. The normalized spacial score (nSPS) is 10.4. The Balaban J connectivity index is 2.19. The molecule has 0 aliphatic heterocycles. The highest BCUT2D eigenvalue weighted by atomic mass is 35.5. The smallest absolute Gasteiger partial charge is 0.387 e. The van der Waals surface area contributed by atoms with Crippen molar-refractivity contribution in [3.05, 3.63) is 47.0 Å². The minimum Gasteiger partial charge on any atom is -0.497 e. The highest BCUT2D eigenvalue weighted by Gasteiger charge is 2.15. The lowest BCUT2D eigenvalue weighted by molar-refractivity contribution is -0.0497. The van der Waals surface area contributed by atoms with Crippen molar-refractivity contribution in [3.63, 3.8) is 0 Å². The number of amides is 1. The molecule has 24 heavy (non-hydrogen) atoms. The summed E-state index contributed by atoms with van der Waals surface area (Å²) in [7, 11) is 2.93. The minimum absolute atomic E-state index is 0.0465. The predicted molar refractivity (Wildman–Crippen MR) is 85.6 cm³/mol. The standard InChI is InChI=1S/C16H14ClF2NO4/c1-22-10-4-5-11(14(8-10)23-2)15(21)20-9-3-6-13(12(17)7-9)24-16(18)19/h3-8,16H,1-2H3,(H,20,21). The Hall–Kier alpha value is -2.54. The second-order valence-electron chi connectivity index (χ2n) is 4.54. The van der Waals surface area contributed by atoms with Gasteiger partial charge in [0.1, 0.15) is 17.2 Å². The van der Waals surface area contributed by atoms with E-state index >= 15 is 0 Å². The van der Waals surface area contributed by atoms with Crippen LogP contribution in [0.25, 0.3) is 0 Å². The summed E-state index contributed by atoms with van der Waals surface area (Å²) < 4.78 is 38.9. The molecule has 0 aromatic heterocycles. The summed E-state index contributed by atoms with van der Waals surface area (Å²) in [5.41, 5.74) is 0.604. The molecular formula is C16H14ClF2NO4. The maximum absolute atomic E-state index is 12.3. The van der Waals surface area contributed by atoms with E-state index in [0.717, 1.165) is 0 Å². The quantitative estimate of drug-likeness (QED) is 0.841. The first-order valence-corrected chi connectivity index (χ1v) is 7.10. The molecule has 0 heterocycles. The summed E-state index contributed by atoms with van der Waals surface area (Å²) in [5.74, 6) is 0.246. The first kappa shape index (κ1) is 17.8. The summed E-state index contributed by atoms with van der Waals surface area (Å²) in [4.78, 5) is 12.3. The number of anilines is 1. The summed E-state index contributed by atoms with van der Waals surface area (Å²) in [6.07, 6.45) is 0. The summed E-state index contributed by atoms with van der Waals surface area (Å²) >= 11 is 5.85. The van der Waals surface area contributed by atoms with E-state index in [2.05, 4.69) is 10.1 Å². The van der Waals surface area contributed by atoms with Crippen molar-refractivity contribution < 1.29 is 27.8 Å². The van der Waals surface area contributed by atoms with E-state index in [1.54, 1.807) is 18.2 Å². The molecule has 2 aromatic rings. The van der Waals surface area contributed by atoms with E-state index in [1.807, 2.05) is 0 Å². The van der Waals surface area contributed by atoms with Crippen molar-refractivity contribution >= 4 is 23.2 Å². The van der Waals surface area contributed by atoms with Gasteiger partial charge in [-0.3, -0.25) is 4.79 Å². The molecule has 0 saturated carbocycles. The Morgan fingerprint density at radius 2 is 1.83 bits per heavy atom. The van der Waals surface area contributed by atoms with Gasteiger partial charge >= 0.3 is 6.61 Å². The Kier molecular flexibility index (Phi) is 5.81. The number of carbonyl (C=O) groups is 1. The molecular weight excluding hydrogens is 344 g/mol. The number of rotatable bonds is 6. The fourth-order valence-corrected chi connectivity index (χ4v) is 2.18. The van der Waals surface area contributed by atoms with Crippen molar-refractivity contribution in [1.29, 1.82) is 0 Å². The van der Waals surface area contributed by atoms with Crippen LogP contribution in [0.1, 0.15) is 10.4 Å². The fourth-order valence-electron chi connectivity index (χ4n) is 1.95. The lowest BCUT2D eigenvalue weighted by Crippen LogP contribution is -2.13. The Bertz CT molecular complexity index is 740. The van der Waals surface area contributed by atoms with Crippen molar-refractivity contribution in [2.24, 2.45) is 0 Å². The molecule has 2 aromatic carbocycles. The van der Waals surface area contributed by atoms with Gasteiger partial charge in [-0.25, -0.2) is 0 Å². The van der Waals surface area contributed by atoms with Crippen LogP contribution in [0.4, 0.5) is 14.5 Å². The zero-order valence-electron chi connectivity index (χ0n) is 12.8. The van der Waals surface area contributed by atoms with Crippen molar-refractivity contribution in [2.75, 3.05) is 19.5 Å². The second-order valence-corrected chi connectivity index (χ2v) is 4.95. The number of hydrogen-bond acceptors (Lipinski definition) is 4. The van der Waals surface area contributed by atoms with Crippen molar-refractivity contribution in [3.8, 4) is 17.2 Å². The van der Waals surface area contributed by atoms with Gasteiger partial charge in [-0.15, -0.1) is 0 Å². The van der Waals surface area contributed by atoms with Crippen LogP contribution in [0.15, 0.2) is 36.4 Å². The van der Waals surface area contributed by atoms with Gasteiger partial charge in [0, 0.05) is 11.8 Å². The number of hydrogen-bond donors (Lipinski definition) is 1.